The van der Waals surface area contributed by atoms with Gasteiger partial charge in [0.1, 0.15) is 0 Å². The van der Waals surface area contributed by atoms with Crippen molar-refractivity contribution >= 4 is 12.0 Å². The summed E-state index contributed by atoms with van der Waals surface area (Å²) in [6, 6.07) is 5.95. The SMILES string of the molecule is NC(=O)C=Cc1ccccc1C(F)F. The van der Waals surface area contributed by atoms with Crippen LogP contribution in [0.4, 0.5) is 8.78 Å². The van der Waals surface area contributed by atoms with E-state index in [0.717, 1.165) is 6.08 Å². The van der Waals surface area contributed by atoms with Gasteiger partial charge in [0.2, 0.25) is 5.91 Å². The number of carbonyl (C=O) groups is 1. The van der Waals surface area contributed by atoms with E-state index in [1.807, 2.05) is 0 Å². The van der Waals surface area contributed by atoms with Crippen molar-refractivity contribution in [3.63, 3.8) is 0 Å². The first-order valence-electron chi connectivity index (χ1n) is 3.96. The molecule has 2 N–H and O–H groups in total. The summed E-state index contributed by atoms with van der Waals surface area (Å²) in [4.78, 5) is 10.4. The minimum absolute atomic E-state index is 0.106. The Morgan fingerprint density at radius 1 is 1.36 bits per heavy atom. The number of halogens is 2. The summed E-state index contributed by atoms with van der Waals surface area (Å²) in [6.45, 7) is 0. The molecule has 1 aromatic rings. The lowest BCUT2D eigenvalue weighted by atomic mass is 10.1. The van der Waals surface area contributed by atoms with Gasteiger partial charge in [0.15, 0.2) is 0 Å². The minimum Gasteiger partial charge on any atom is -0.366 e. The fraction of sp³-hybridized carbons (Fsp3) is 0.100. The second-order valence-electron chi connectivity index (χ2n) is 2.67. The third kappa shape index (κ3) is 2.65. The smallest absolute Gasteiger partial charge is 0.264 e. The molecule has 1 rings (SSSR count). The van der Waals surface area contributed by atoms with Crippen LogP contribution in [-0.2, 0) is 4.79 Å². The van der Waals surface area contributed by atoms with Gasteiger partial charge in [-0.05, 0) is 11.6 Å². The number of hydrogen-bond acceptors (Lipinski definition) is 1. The molecule has 1 amide bonds. The molecule has 2 nitrogen and oxygen atoms in total. The van der Waals surface area contributed by atoms with Gasteiger partial charge in [0.25, 0.3) is 6.43 Å². The Morgan fingerprint density at radius 2 is 2.00 bits per heavy atom. The van der Waals surface area contributed by atoms with Crippen molar-refractivity contribution in [2.45, 2.75) is 6.43 Å². The quantitative estimate of drug-likeness (QED) is 0.741. The summed E-state index contributed by atoms with van der Waals surface area (Å²) in [6.07, 6.45) is -0.214. The highest BCUT2D eigenvalue weighted by atomic mass is 19.3. The molecule has 0 aliphatic rings. The number of alkyl halides is 2. The number of carbonyl (C=O) groups excluding carboxylic acids is 1. The van der Waals surface area contributed by atoms with Crippen molar-refractivity contribution in [1.82, 2.24) is 0 Å². The molecular weight excluding hydrogens is 188 g/mol. The Labute approximate surface area is 80.0 Å². The van der Waals surface area contributed by atoms with Gasteiger partial charge < -0.3 is 5.73 Å². The van der Waals surface area contributed by atoms with E-state index in [9.17, 15) is 13.6 Å². The van der Waals surface area contributed by atoms with E-state index in [1.54, 1.807) is 6.07 Å². The van der Waals surface area contributed by atoms with Crippen LogP contribution >= 0.6 is 0 Å². The average Bonchev–Trinajstić information content (AvgIpc) is 2.15. The summed E-state index contributed by atoms with van der Waals surface area (Å²) in [7, 11) is 0. The van der Waals surface area contributed by atoms with Gasteiger partial charge in [0.05, 0.1) is 0 Å². The Hall–Kier alpha value is -1.71. The Kier molecular flexibility index (Phi) is 3.34. The number of benzene rings is 1. The third-order valence-corrected chi connectivity index (χ3v) is 1.66. The fourth-order valence-corrected chi connectivity index (χ4v) is 1.03. The fourth-order valence-electron chi connectivity index (χ4n) is 1.03. The highest BCUT2D eigenvalue weighted by molar-refractivity contribution is 5.90. The molecule has 14 heavy (non-hydrogen) atoms. The molecule has 74 valence electrons. The molecule has 1 aromatic carbocycles. The molecule has 0 atom stereocenters. The Bertz CT molecular complexity index is 361. The molecule has 0 saturated carbocycles. The van der Waals surface area contributed by atoms with Crippen LogP contribution in [0.1, 0.15) is 17.6 Å². The van der Waals surface area contributed by atoms with Crippen molar-refractivity contribution < 1.29 is 13.6 Å². The molecule has 0 aliphatic heterocycles. The van der Waals surface area contributed by atoms with Crippen LogP contribution in [0.5, 0.6) is 0 Å². The molecule has 0 spiro atoms. The van der Waals surface area contributed by atoms with Crippen molar-refractivity contribution in [3.8, 4) is 0 Å². The lowest BCUT2D eigenvalue weighted by Crippen LogP contribution is -2.05. The first-order chi connectivity index (χ1) is 6.61. The monoisotopic (exact) mass is 197 g/mol. The zero-order valence-electron chi connectivity index (χ0n) is 7.28. The van der Waals surface area contributed by atoms with Crippen LogP contribution in [0.2, 0.25) is 0 Å². The van der Waals surface area contributed by atoms with E-state index >= 15 is 0 Å². The Balaban J connectivity index is 3.01. The van der Waals surface area contributed by atoms with Crippen LogP contribution in [0.3, 0.4) is 0 Å². The topological polar surface area (TPSA) is 43.1 Å². The van der Waals surface area contributed by atoms with Gasteiger partial charge >= 0.3 is 0 Å². The summed E-state index contributed by atoms with van der Waals surface area (Å²) in [5.74, 6) is -0.658. The highest BCUT2D eigenvalue weighted by Crippen LogP contribution is 2.23. The van der Waals surface area contributed by atoms with Crippen LogP contribution < -0.4 is 5.73 Å². The summed E-state index contributed by atoms with van der Waals surface area (Å²) in [5.41, 5.74) is 5.05. The van der Waals surface area contributed by atoms with Gasteiger partial charge in [-0.2, -0.15) is 0 Å². The number of primary amides is 1. The largest absolute Gasteiger partial charge is 0.366 e. The Morgan fingerprint density at radius 3 is 2.57 bits per heavy atom. The average molecular weight is 197 g/mol. The molecule has 0 fully saturated rings. The lowest BCUT2D eigenvalue weighted by molar-refractivity contribution is -0.113. The van der Waals surface area contributed by atoms with E-state index in [4.69, 9.17) is 5.73 Å². The molecule has 0 bridgehead atoms. The van der Waals surface area contributed by atoms with Crippen molar-refractivity contribution in [2.24, 2.45) is 5.73 Å². The maximum atomic E-state index is 12.4. The lowest BCUT2D eigenvalue weighted by Gasteiger charge is -2.03. The second-order valence-corrected chi connectivity index (χ2v) is 2.67. The van der Waals surface area contributed by atoms with Gasteiger partial charge in [-0.15, -0.1) is 0 Å². The van der Waals surface area contributed by atoms with Crippen molar-refractivity contribution in [2.75, 3.05) is 0 Å². The molecule has 0 unspecified atom stereocenters. The third-order valence-electron chi connectivity index (χ3n) is 1.66. The van der Waals surface area contributed by atoms with Gasteiger partial charge in [-0.1, -0.05) is 24.3 Å². The predicted octanol–water partition coefficient (Wildman–Crippen LogP) is 2.12. The first-order valence-corrected chi connectivity index (χ1v) is 3.96. The molecular formula is C10H9F2NO. The van der Waals surface area contributed by atoms with Crippen LogP contribution in [0.25, 0.3) is 6.08 Å². The molecule has 0 aromatic heterocycles. The van der Waals surface area contributed by atoms with E-state index in [2.05, 4.69) is 0 Å². The maximum Gasteiger partial charge on any atom is 0.264 e. The van der Waals surface area contributed by atoms with Crippen LogP contribution in [0, 0.1) is 0 Å². The summed E-state index contributed by atoms with van der Waals surface area (Å²) >= 11 is 0. The molecule has 0 saturated heterocycles. The molecule has 4 heteroatoms. The predicted molar refractivity (Wildman–Crippen MR) is 49.6 cm³/mol. The summed E-state index contributed by atoms with van der Waals surface area (Å²) < 4.78 is 24.8. The van der Waals surface area contributed by atoms with Gasteiger partial charge in [0, 0.05) is 11.6 Å². The van der Waals surface area contributed by atoms with E-state index in [1.165, 1.54) is 24.3 Å². The van der Waals surface area contributed by atoms with Crippen molar-refractivity contribution in [3.05, 3.63) is 41.5 Å². The number of rotatable bonds is 3. The van der Waals surface area contributed by atoms with Gasteiger partial charge in [-0.25, -0.2) is 8.78 Å². The van der Waals surface area contributed by atoms with Crippen LogP contribution in [0.15, 0.2) is 30.3 Å². The molecule has 0 heterocycles. The van der Waals surface area contributed by atoms with E-state index in [0.29, 0.717) is 5.56 Å². The zero-order chi connectivity index (χ0) is 10.6. The number of hydrogen-bond donors (Lipinski definition) is 1. The molecule has 0 radical (unpaired) electrons. The standard InChI is InChI=1S/C10H9F2NO/c11-10(12)8-4-2-1-3-7(8)5-6-9(13)14/h1-6,10H,(H2,13,14). The van der Waals surface area contributed by atoms with Crippen molar-refractivity contribution in [1.29, 1.82) is 0 Å². The van der Waals surface area contributed by atoms with E-state index in [-0.39, 0.29) is 5.56 Å². The molecule has 0 aliphatic carbocycles. The maximum absolute atomic E-state index is 12.4. The first kappa shape index (κ1) is 10.4. The number of nitrogens with two attached hydrogens (primary N) is 1. The summed E-state index contributed by atoms with van der Waals surface area (Å²) in [5, 5.41) is 0. The minimum atomic E-state index is -2.55. The zero-order valence-corrected chi connectivity index (χ0v) is 7.28. The van der Waals surface area contributed by atoms with Gasteiger partial charge in [-0.3, -0.25) is 4.79 Å². The van der Waals surface area contributed by atoms with Crippen LogP contribution in [-0.4, -0.2) is 5.91 Å². The normalized spacial score (nSPS) is 11.1. The number of amides is 1. The highest BCUT2D eigenvalue weighted by Gasteiger charge is 2.09. The second kappa shape index (κ2) is 4.50. The van der Waals surface area contributed by atoms with E-state index < -0.39 is 12.3 Å².